The van der Waals surface area contributed by atoms with Crippen molar-refractivity contribution in [1.82, 2.24) is 14.5 Å². The molecule has 0 unspecified atom stereocenters. The van der Waals surface area contributed by atoms with Gasteiger partial charge in [-0.3, -0.25) is 4.79 Å². The first-order valence-electron chi connectivity index (χ1n) is 9.61. The Kier molecular flexibility index (Phi) is 5.63. The third-order valence-corrected chi connectivity index (χ3v) is 5.68. The number of pyridine rings is 1. The molecule has 8 heteroatoms. The Bertz CT molecular complexity index is 907. The molecule has 1 aliphatic carbocycles. The molecule has 2 aromatic heterocycles. The normalized spacial score (nSPS) is 14.8. The van der Waals surface area contributed by atoms with Gasteiger partial charge in [0, 0.05) is 32.5 Å². The van der Waals surface area contributed by atoms with E-state index in [1.807, 2.05) is 33.8 Å². The van der Waals surface area contributed by atoms with Gasteiger partial charge in [-0.1, -0.05) is 0 Å². The van der Waals surface area contributed by atoms with Gasteiger partial charge in [0.05, 0.1) is 11.2 Å². The fraction of sp³-hybridized carbons (Fsp3) is 0.550. The Hall–Kier alpha value is -2.19. The van der Waals surface area contributed by atoms with E-state index in [9.17, 15) is 4.79 Å². The van der Waals surface area contributed by atoms with Gasteiger partial charge in [0.15, 0.2) is 0 Å². The molecular formula is C20H29BN4O3. The summed E-state index contributed by atoms with van der Waals surface area (Å²) < 4.78 is 13.3. The van der Waals surface area contributed by atoms with Crippen LogP contribution in [0.4, 0.5) is 11.5 Å². The van der Waals surface area contributed by atoms with Crippen LogP contribution >= 0.6 is 0 Å². The van der Waals surface area contributed by atoms with Gasteiger partial charge >= 0.3 is 7.48 Å². The number of aromatic nitrogens is 3. The highest BCUT2D eigenvalue weighted by molar-refractivity contribution is 6.47. The molecule has 0 spiro atoms. The lowest BCUT2D eigenvalue weighted by Gasteiger charge is -2.40. The lowest BCUT2D eigenvalue weighted by atomic mass is 9.83. The Morgan fingerprint density at radius 2 is 1.96 bits per heavy atom. The summed E-state index contributed by atoms with van der Waals surface area (Å²) in [7, 11) is 3.77. The second-order valence-corrected chi connectivity index (χ2v) is 8.39. The maximum atomic E-state index is 12.6. The summed E-state index contributed by atoms with van der Waals surface area (Å²) >= 11 is 0. The Balaban J connectivity index is 1.79. The number of hydrogen-bond donors (Lipinski definition) is 1. The van der Waals surface area contributed by atoms with Gasteiger partial charge in [0.2, 0.25) is 0 Å². The minimum Gasteiger partial charge on any atom is -0.427 e. The first kappa shape index (κ1) is 20.5. The zero-order valence-electron chi connectivity index (χ0n) is 17.6. The molecule has 150 valence electrons. The molecule has 1 saturated carbocycles. The van der Waals surface area contributed by atoms with Gasteiger partial charge in [-0.25, -0.2) is 9.97 Å². The Morgan fingerprint density at radius 1 is 1.25 bits per heavy atom. The SMILES string of the molecule is COC(C)(C)C(C)(C)OBc1cc(Nc2ccnc(C3CC3)n2)c(=O)n(C)c1. The molecule has 28 heavy (non-hydrogen) atoms. The predicted molar refractivity (Wildman–Crippen MR) is 112 cm³/mol. The maximum absolute atomic E-state index is 12.6. The van der Waals surface area contributed by atoms with Crippen LogP contribution in [0.25, 0.3) is 0 Å². The third-order valence-electron chi connectivity index (χ3n) is 5.68. The highest BCUT2D eigenvalue weighted by Crippen LogP contribution is 2.38. The van der Waals surface area contributed by atoms with E-state index in [2.05, 4.69) is 15.3 Å². The summed E-state index contributed by atoms with van der Waals surface area (Å²) in [5, 5.41) is 3.15. The van der Waals surface area contributed by atoms with Crippen molar-refractivity contribution >= 4 is 24.5 Å². The van der Waals surface area contributed by atoms with Crippen LogP contribution < -0.4 is 16.3 Å². The van der Waals surface area contributed by atoms with E-state index in [1.54, 1.807) is 37.2 Å². The monoisotopic (exact) mass is 384 g/mol. The molecule has 0 aliphatic heterocycles. The van der Waals surface area contributed by atoms with Crippen LogP contribution in [0.3, 0.4) is 0 Å². The number of nitrogens with one attached hydrogen (secondary N) is 1. The van der Waals surface area contributed by atoms with E-state index in [0.29, 0.717) is 24.9 Å². The lowest BCUT2D eigenvalue weighted by molar-refractivity contribution is -0.114. The summed E-state index contributed by atoms with van der Waals surface area (Å²) in [6, 6.07) is 3.59. The first-order valence-corrected chi connectivity index (χ1v) is 9.61. The van der Waals surface area contributed by atoms with Crippen molar-refractivity contribution in [3.63, 3.8) is 0 Å². The van der Waals surface area contributed by atoms with Gasteiger partial charge in [0.1, 0.15) is 17.3 Å². The standard InChI is InChI=1S/C20H29BN4O3/c1-19(2,27-6)20(3,4)28-21-14-11-15(18(26)25(5)12-14)23-16-9-10-22-17(24-16)13-7-8-13/h9-13,21H,7-8H2,1-6H3,(H,22,23,24). The van der Waals surface area contributed by atoms with Crippen LogP contribution in [0.1, 0.15) is 52.3 Å². The highest BCUT2D eigenvalue weighted by atomic mass is 16.5. The van der Waals surface area contributed by atoms with E-state index in [0.717, 1.165) is 24.1 Å². The van der Waals surface area contributed by atoms with Gasteiger partial charge in [-0.2, -0.15) is 0 Å². The minimum absolute atomic E-state index is 0.119. The van der Waals surface area contributed by atoms with Gasteiger partial charge in [0.25, 0.3) is 5.56 Å². The molecule has 1 fully saturated rings. The molecule has 0 amide bonds. The molecule has 0 radical (unpaired) electrons. The van der Waals surface area contributed by atoms with Crippen molar-refractivity contribution in [3.8, 4) is 0 Å². The molecule has 0 aromatic carbocycles. The highest BCUT2D eigenvalue weighted by Gasteiger charge is 2.37. The first-order chi connectivity index (χ1) is 13.1. The lowest BCUT2D eigenvalue weighted by Crippen LogP contribution is -2.50. The fourth-order valence-electron chi connectivity index (χ4n) is 2.75. The number of ether oxygens (including phenoxy) is 1. The number of hydrogen-bond acceptors (Lipinski definition) is 6. The predicted octanol–water partition coefficient (Wildman–Crippen LogP) is 1.99. The number of anilines is 2. The fourth-order valence-corrected chi connectivity index (χ4v) is 2.75. The maximum Gasteiger partial charge on any atom is 0.311 e. The summed E-state index contributed by atoms with van der Waals surface area (Å²) in [6.45, 7) is 7.98. The average molecular weight is 384 g/mol. The second kappa shape index (κ2) is 7.68. The molecule has 2 aromatic rings. The molecule has 0 atom stereocenters. The molecule has 0 bridgehead atoms. The second-order valence-electron chi connectivity index (χ2n) is 8.39. The summed E-state index contributed by atoms with van der Waals surface area (Å²) in [4.78, 5) is 21.4. The van der Waals surface area contributed by atoms with E-state index >= 15 is 0 Å². The molecule has 1 N–H and O–H groups in total. The van der Waals surface area contributed by atoms with Gasteiger partial charge in [-0.15, -0.1) is 0 Å². The topological polar surface area (TPSA) is 78.3 Å². The van der Waals surface area contributed by atoms with E-state index in [1.165, 1.54) is 0 Å². The minimum atomic E-state index is -0.504. The smallest absolute Gasteiger partial charge is 0.311 e. The summed E-state index contributed by atoms with van der Waals surface area (Å²) in [6.07, 6.45) is 5.78. The number of nitrogens with zero attached hydrogens (tertiary/aromatic N) is 3. The Labute approximate surface area is 166 Å². The number of rotatable bonds is 8. The third kappa shape index (κ3) is 4.44. The molecule has 0 saturated heterocycles. The van der Waals surface area contributed by atoms with Gasteiger partial charge in [-0.05, 0) is 58.1 Å². The molecule has 2 heterocycles. The van der Waals surface area contributed by atoms with Crippen LogP contribution in [-0.2, 0) is 16.4 Å². The Morgan fingerprint density at radius 3 is 2.61 bits per heavy atom. The van der Waals surface area contributed by atoms with E-state index in [-0.39, 0.29) is 5.56 Å². The number of methoxy groups -OCH3 is 1. The van der Waals surface area contributed by atoms with Crippen LogP contribution in [0.2, 0.25) is 0 Å². The quantitative estimate of drug-likeness (QED) is 0.702. The largest absolute Gasteiger partial charge is 0.427 e. The van der Waals surface area contributed by atoms with E-state index in [4.69, 9.17) is 9.39 Å². The average Bonchev–Trinajstić information content (AvgIpc) is 3.49. The molecule has 1 aliphatic rings. The van der Waals surface area contributed by atoms with Crippen LogP contribution in [-0.4, -0.2) is 40.3 Å². The van der Waals surface area contributed by atoms with Gasteiger partial charge < -0.3 is 19.3 Å². The van der Waals surface area contributed by atoms with Crippen molar-refractivity contribution in [1.29, 1.82) is 0 Å². The van der Waals surface area contributed by atoms with Crippen molar-refractivity contribution in [2.75, 3.05) is 12.4 Å². The molecular weight excluding hydrogens is 355 g/mol. The molecule has 3 rings (SSSR count). The summed E-state index contributed by atoms with van der Waals surface area (Å²) in [5.74, 6) is 1.92. The van der Waals surface area contributed by atoms with Crippen LogP contribution in [0.15, 0.2) is 29.3 Å². The van der Waals surface area contributed by atoms with Crippen molar-refractivity contribution in [2.24, 2.45) is 7.05 Å². The van der Waals surface area contributed by atoms with E-state index < -0.39 is 11.2 Å². The van der Waals surface area contributed by atoms with Crippen LogP contribution in [0.5, 0.6) is 0 Å². The molecule has 7 nitrogen and oxygen atoms in total. The van der Waals surface area contributed by atoms with Crippen molar-refractivity contribution in [2.45, 2.75) is 57.7 Å². The van der Waals surface area contributed by atoms with Crippen molar-refractivity contribution in [3.05, 3.63) is 40.7 Å². The summed E-state index contributed by atoms with van der Waals surface area (Å²) in [5.41, 5.74) is 0.283. The van der Waals surface area contributed by atoms with Crippen LogP contribution in [0, 0.1) is 0 Å². The van der Waals surface area contributed by atoms with Crippen molar-refractivity contribution < 1.29 is 9.39 Å². The number of aryl methyl sites for hydroxylation is 1. The zero-order chi connectivity index (χ0) is 20.5. The zero-order valence-corrected chi connectivity index (χ0v) is 17.6.